The van der Waals surface area contributed by atoms with E-state index in [1.54, 1.807) is 44.3 Å². The number of nitriles is 1. The number of nitrogens with zero attached hydrogens (tertiary/aromatic N) is 2. The van der Waals surface area contributed by atoms with Gasteiger partial charge in [-0.3, -0.25) is 4.79 Å². The van der Waals surface area contributed by atoms with Gasteiger partial charge in [0.15, 0.2) is 0 Å². The molecular formula is C18H19N3O3S. The molecule has 0 unspecified atom stereocenters. The van der Waals surface area contributed by atoms with E-state index < -0.39 is 10.0 Å². The van der Waals surface area contributed by atoms with Crippen LogP contribution in [0.15, 0.2) is 47.4 Å². The lowest BCUT2D eigenvalue weighted by molar-refractivity contribution is 0.0784. The molecule has 2 aromatic rings. The molecular weight excluding hydrogens is 338 g/mol. The van der Waals surface area contributed by atoms with E-state index in [-0.39, 0.29) is 10.8 Å². The fourth-order valence-corrected chi connectivity index (χ4v) is 3.11. The predicted octanol–water partition coefficient (Wildman–Crippen LogP) is 2.05. The van der Waals surface area contributed by atoms with Gasteiger partial charge in [0.25, 0.3) is 5.91 Å². The zero-order valence-corrected chi connectivity index (χ0v) is 15.1. The number of carbonyl (C=O) groups excluding carboxylic acids is 1. The van der Waals surface area contributed by atoms with Gasteiger partial charge in [-0.15, -0.1) is 0 Å². The third kappa shape index (κ3) is 4.24. The third-order valence-electron chi connectivity index (χ3n) is 3.87. The number of aryl methyl sites for hydroxylation is 1. The highest BCUT2D eigenvalue weighted by atomic mass is 32.2. The molecule has 1 amide bonds. The van der Waals surface area contributed by atoms with Crippen LogP contribution in [0.25, 0.3) is 0 Å². The molecule has 0 fully saturated rings. The van der Waals surface area contributed by atoms with Crippen molar-refractivity contribution in [1.29, 1.82) is 5.26 Å². The van der Waals surface area contributed by atoms with Crippen LogP contribution in [0, 0.1) is 18.3 Å². The van der Waals surface area contributed by atoms with Crippen molar-refractivity contribution in [1.82, 2.24) is 9.62 Å². The second kappa shape index (κ2) is 7.47. The summed E-state index contributed by atoms with van der Waals surface area (Å²) < 4.78 is 26.1. The largest absolute Gasteiger partial charge is 0.337 e. The zero-order chi connectivity index (χ0) is 18.6. The second-order valence-corrected chi connectivity index (χ2v) is 7.54. The van der Waals surface area contributed by atoms with Crippen molar-refractivity contribution in [2.24, 2.45) is 0 Å². The Morgan fingerprint density at radius 3 is 2.40 bits per heavy atom. The fourth-order valence-electron chi connectivity index (χ4n) is 2.35. The first-order chi connectivity index (χ1) is 11.8. The monoisotopic (exact) mass is 357 g/mol. The first-order valence-corrected chi connectivity index (χ1v) is 9.05. The van der Waals surface area contributed by atoms with Crippen molar-refractivity contribution >= 4 is 15.9 Å². The molecule has 0 aliphatic carbocycles. The number of sulfonamides is 1. The molecule has 0 bridgehead atoms. The molecule has 0 atom stereocenters. The normalized spacial score (nSPS) is 11.0. The summed E-state index contributed by atoms with van der Waals surface area (Å²) in [7, 11) is -0.636. The number of hydrogen-bond acceptors (Lipinski definition) is 4. The van der Waals surface area contributed by atoms with E-state index >= 15 is 0 Å². The molecule has 2 rings (SSSR count). The van der Waals surface area contributed by atoms with Crippen LogP contribution in [-0.4, -0.2) is 33.3 Å². The van der Waals surface area contributed by atoms with Gasteiger partial charge in [-0.2, -0.15) is 5.26 Å². The van der Waals surface area contributed by atoms with Crippen molar-refractivity contribution < 1.29 is 13.2 Å². The minimum absolute atomic E-state index is 0.0516. The third-order valence-corrected chi connectivity index (χ3v) is 5.28. The zero-order valence-electron chi connectivity index (χ0n) is 14.3. The average molecular weight is 357 g/mol. The van der Waals surface area contributed by atoms with Crippen LogP contribution in [0.1, 0.15) is 27.0 Å². The molecule has 25 heavy (non-hydrogen) atoms. The van der Waals surface area contributed by atoms with Crippen molar-refractivity contribution in [3.05, 3.63) is 64.7 Å². The molecule has 0 aliphatic heterocycles. The van der Waals surface area contributed by atoms with E-state index in [2.05, 4.69) is 4.72 Å². The van der Waals surface area contributed by atoms with Gasteiger partial charge in [-0.25, -0.2) is 13.1 Å². The first-order valence-electron chi connectivity index (χ1n) is 7.57. The number of nitrogens with one attached hydrogen (secondary N) is 1. The Kier molecular flexibility index (Phi) is 5.57. The lowest BCUT2D eigenvalue weighted by Crippen LogP contribution is -2.27. The SMILES string of the molecule is CNS(=O)(=O)c1ccc(C)c(C(=O)N(C)Cc2ccc(C#N)cc2)c1. The second-order valence-electron chi connectivity index (χ2n) is 5.65. The molecule has 0 saturated carbocycles. The summed E-state index contributed by atoms with van der Waals surface area (Å²) in [6, 6.07) is 13.5. The molecule has 0 spiro atoms. The van der Waals surface area contributed by atoms with Gasteiger partial charge in [0, 0.05) is 19.2 Å². The molecule has 0 heterocycles. The van der Waals surface area contributed by atoms with Crippen LogP contribution in [0.3, 0.4) is 0 Å². The summed E-state index contributed by atoms with van der Waals surface area (Å²) in [4.78, 5) is 14.3. The predicted molar refractivity (Wildman–Crippen MR) is 94.4 cm³/mol. The van der Waals surface area contributed by atoms with Gasteiger partial charge in [0.2, 0.25) is 10.0 Å². The van der Waals surface area contributed by atoms with Crippen LogP contribution in [0.4, 0.5) is 0 Å². The van der Waals surface area contributed by atoms with Crippen LogP contribution in [0.5, 0.6) is 0 Å². The quantitative estimate of drug-likeness (QED) is 0.887. The highest BCUT2D eigenvalue weighted by Crippen LogP contribution is 2.18. The average Bonchev–Trinajstić information content (AvgIpc) is 2.62. The van der Waals surface area contributed by atoms with E-state index in [0.29, 0.717) is 23.2 Å². The fraction of sp³-hybridized carbons (Fsp3) is 0.222. The number of rotatable bonds is 5. The summed E-state index contributed by atoms with van der Waals surface area (Å²) in [5.74, 6) is -0.269. The molecule has 0 radical (unpaired) electrons. The van der Waals surface area contributed by atoms with E-state index in [9.17, 15) is 13.2 Å². The highest BCUT2D eigenvalue weighted by Gasteiger charge is 2.19. The van der Waals surface area contributed by atoms with Crippen molar-refractivity contribution in [3.63, 3.8) is 0 Å². The number of amides is 1. The van der Waals surface area contributed by atoms with Gasteiger partial charge in [0.05, 0.1) is 16.5 Å². The Morgan fingerprint density at radius 2 is 1.84 bits per heavy atom. The lowest BCUT2D eigenvalue weighted by atomic mass is 10.1. The first kappa shape index (κ1) is 18.6. The van der Waals surface area contributed by atoms with Crippen LogP contribution in [0.2, 0.25) is 0 Å². The summed E-state index contributed by atoms with van der Waals surface area (Å²) in [5, 5.41) is 8.82. The summed E-state index contributed by atoms with van der Waals surface area (Å²) in [5.41, 5.74) is 2.48. The Hall–Kier alpha value is -2.69. The summed E-state index contributed by atoms with van der Waals surface area (Å²) in [6.07, 6.45) is 0. The molecule has 0 aliphatic rings. The molecule has 0 saturated heterocycles. The maximum absolute atomic E-state index is 12.7. The molecule has 1 N–H and O–H groups in total. The minimum atomic E-state index is -3.61. The van der Waals surface area contributed by atoms with Crippen LogP contribution < -0.4 is 4.72 Å². The molecule has 6 nitrogen and oxygen atoms in total. The Bertz CT molecular complexity index is 929. The highest BCUT2D eigenvalue weighted by molar-refractivity contribution is 7.89. The van der Waals surface area contributed by atoms with E-state index in [1.807, 2.05) is 6.07 Å². The van der Waals surface area contributed by atoms with Gasteiger partial charge in [-0.05, 0) is 49.4 Å². The van der Waals surface area contributed by atoms with Crippen molar-refractivity contribution in [2.75, 3.05) is 14.1 Å². The smallest absolute Gasteiger partial charge is 0.254 e. The molecule has 0 aromatic heterocycles. The Morgan fingerprint density at radius 1 is 1.20 bits per heavy atom. The molecule has 7 heteroatoms. The Labute approximate surface area is 147 Å². The number of carbonyl (C=O) groups is 1. The van der Waals surface area contributed by atoms with Gasteiger partial charge < -0.3 is 4.90 Å². The van der Waals surface area contributed by atoms with Crippen molar-refractivity contribution in [3.8, 4) is 6.07 Å². The van der Waals surface area contributed by atoms with Crippen LogP contribution >= 0.6 is 0 Å². The van der Waals surface area contributed by atoms with E-state index in [1.165, 1.54) is 24.1 Å². The van der Waals surface area contributed by atoms with Gasteiger partial charge in [0.1, 0.15) is 0 Å². The number of hydrogen-bond donors (Lipinski definition) is 1. The van der Waals surface area contributed by atoms with Gasteiger partial charge >= 0.3 is 0 Å². The maximum atomic E-state index is 12.7. The maximum Gasteiger partial charge on any atom is 0.254 e. The topological polar surface area (TPSA) is 90.3 Å². The number of benzene rings is 2. The molecule has 130 valence electrons. The standard InChI is InChI=1S/C18H19N3O3S/c1-13-4-9-16(25(23,24)20-2)10-17(13)18(22)21(3)12-15-7-5-14(11-19)6-8-15/h4-10,20H,12H2,1-3H3. The Balaban J connectivity index is 2.26. The van der Waals surface area contributed by atoms with Crippen molar-refractivity contribution in [2.45, 2.75) is 18.4 Å². The van der Waals surface area contributed by atoms with E-state index in [0.717, 1.165) is 5.56 Å². The van der Waals surface area contributed by atoms with Crippen LogP contribution in [-0.2, 0) is 16.6 Å². The summed E-state index contributed by atoms with van der Waals surface area (Å²) in [6.45, 7) is 2.12. The van der Waals surface area contributed by atoms with Gasteiger partial charge in [-0.1, -0.05) is 18.2 Å². The minimum Gasteiger partial charge on any atom is -0.337 e. The lowest BCUT2D eigenvalue weighted by Gasteiger charge is -2.19. The summed E-state index contributed by atoms with van der Waals surface area (Å²) >= 11 is 0. The molecule has 2 aromatic carbocycles. The van der Waals surface area contributed by atoms with E-state index in [4.69, 9.17) is 5.26 Å².